The summed E-state index contributed by atoms with van der Waals surface area (Å²) in [6.45, 7) is 1.91. The van der Waals surface area contributed by atoms with Gasteiger partial charge in [-0.05, 0) is 54.3 Å². The lowest BCUT2D eigenvalue weighted by Gasteiger charge is -2.19. The van der Waals surface area contributed by atoms with Crippen LogP contribution in [-0.2, 0) is 17.9 Å². The number of amides is 3. The SMILES string of the molecule is CSc1nc(-c2cccc(NC(=O)c3cccc(O)c3CN3Cc4ccccc4C3=O)c2)c(-c2ccnc(NC(C)=O)c2)[nH]1. The number of nitrogens with one attached hydrogen (secondary N) is 3. The Bertz CT molecular complexity index is 1920. The van der Waals surface area contributed by atoms with Crippen LogP contribution in [0.15, 0.2) is 90.2 Å². The summed E-state index contributed by atoms with van der Waals surface area (Å²) in [7, 11) is 0. The van der Waals surface area contributed by atoms with Crippen LogP contribution in [0.2, 0.25) is 0 Å². The van der Waals surface area contributed by atoms with Crippen LogP contribution in [0.25, 0.3) is 22.5 Å². The van der Waals surface area contributed by atoms with Gasteiger partial charge < -0.3 is 25.6 Å². The van der Waals surface area contributed by atoms with Crippen LogP contribution in [0, 0.1) is 0 Å². The van der Waals surface area contributed by atoms with E-state index >= 15 is 0 Å². The number of imidazole rings is 1. The number of phenols is 1. The maximum atomic E-state index is 13.6. The number of carbonyl (C=O) groups is 3. The molecule has 10 nitrogen and oxygen atoms in total. The van der Waals surface area contributed by atoms with Gasteiger partial charge in [-0.25, -0.2) is 9.97 Å². The highest BCUT2D eigenvalue weighted by atomic mass is 32.2. The third kappa shape index (κ3) is 5.77. The summed E-state index contributed by atoms with van der Waals surface area (Å²) in [5.41, 5.74) is 5.64. The summed E-state index contributed by atoms with van der Waals surface area (Å²) in [6, 6.07) is 23.0. The number of aromatic hydroxyl groups is 1. The minimum atomic E-state index is -0.418. The average molecular weight is 605 g/mol. The quantitative estimate of drug-likeness (QED) is 0.161. The number of fused-ring (bicyclic) bond motifs is 1. The monoisotopic (exact) mass is 604 g/mol. The maximum absolute atomic E-state index is 13.6. The molecule has 44 heavy (non-hydrogen) atoms. The van der Waals surface area contributed by atoms with Crippen molar-refractivity contribution in [1.82, 2.24) is 19.9 Å². The number of aromatic amines is 1. The van der Waals surface area contributed by atoms with Crippen molar-refractivity contribution in [3.05, 3.63) is 107 Å². The topological polar surface area (TPSA) is 140 Å². The van der Waals surface area contributed by atoms with E-state index in [0.29, 0.717) is 40.0 Å². The lowest BCUT2D eigenvalue weighted by molar-refractivity contribution is -0.114. The number of benzene rings is 3. The Balaban J connectivity index is 1.27. The van der Waals surface area contributed by atoms with Crippen LogP contribution in [0.1, 0.15) is 38.8 Å². The van der Waals surface area contributed by atoms with E-state index in [0.717, 1.165) is 22.4 Å². The van der Waals surface area contributed by atoms with Crippen molar-refractivity contribution in [2.45, 2.75) is 25.2 Å². The van der Waals surface area contributed by atoms with E-state index in [4.69, 9.17) is 4.98 Å². The number of nitrogens with zero attached hydrogens (tertiary/aromatic N) is 3. The van der Waals surface area contributed by atoms with Gasteiger partial charge in [-0.2, -0.15) is 0 Å². The van der Waals surface area contributed by atoms with Crippen molar-refractivity contribution in [1.29, 1.82) is 0 Å². The molecule has 220 valence electrons. The zero-order chi connectivity index (χ0) is 30.8. The molecule has 0 aliphatic carbocycles. The Morgan fingerprint density at radius 2 is 1.82 bits per heavy atom. The van der Waals surface area contributed by atoms with E-state index in [-0.39, 0.29) is 29.7 Å². The molecule has 3 aromatic carbocycles. The van der Waals surface area contributed by atoms with Gasteiger partial charge >= 0.3 is 0 Å². The lowest BCUT2D eigenvalue weighted by Crippen LogP contribution is -2.25. The highest BCUT2D eigenvalue weighted by Gasteiger charge is 2.29. The second-order valence-electron chi connectivity index (χ2n) is 10.2. The molecule has 1 aliphatic heterocycles. The number of carbonyl (C=O) groups excluding carboxylic acids is 3. The molecule has 0 saturated heterocycles. The molecule has 1 aliphatic rings. The van der Waals surface area contributed by atoms with Crippen LogP contribution in [0.5, 0.6) is 5.75 Å². The Kier molecular flexibility index (Phi) is 7.86. The summed E-state index contributed by atoms with van der Waals surface area (Å²) in [5.74, 6) is -0.417. The normalized spacial score (nSPS) is 12.2. The van der Waals surface area contributed by atoms with Gasteiger partial charge in [-0.15, -0.1) is 0 Å². The number of hydrogen-bond donors (Lipinski definition) is 4. The second-order valence-corrected chi connectivity index (χ2v) is 11.0. The first-order valence-electron chi connectivity index (χ1n) is 13.8. The molecule has 0 spiro atoms. The van der Waals surface area contributed by atoms with Gasteiger partial charge in [0, 0.05) is 53.2 Å². The predicted octanol–water partition coefficient (Wildman–Crippen LogP) is 5.93. The third-order valence-corrected chi connectivity index (χ3v) is 7.84. The summed E-state index contributed by atoms with van der Waals surface area (Å²) in [6.07, 6.45) is 3.53. The minimum Gasteiger partial charge on any atom is -0.508 e. The first-order chi connectivity index (χ1) is 21.3. The van der Waals surface area contributed by atoms with Crippen molar-refractivity contribution in [3.8, 4) is 28.3 Å². The molecule has 0 saturated carbocycles. The van der Waals surface area contributed by atoms with Gasteiger partial charge in [-0.1, -0.05) is 48.2 Å². The molecule has 3 heterocycles. The molecule has 4 N–H and O–H groups in total. The molecule has 0 unspecified atom stereocenters. The minimum absolute atomic E-state index is 0.0584. The fourth-order valence-electron chi connectivity index (χ4n) is 5.23. The van der Waals surface area contributed by atoms with Crippen molar-refractivity contribution < 1.29 is 19.5 Å². The molecule has 0 atom stereocenters. The summed E-state index contributed by atoms with van der Waals surface area (Å²) < 4.78 is 0. The molecule has 0 radical (unpaired) electrons. The number of aromatic nitrogens is 3. The van der Waals surface area contributed by atoms with Gasteiger partial charge in [0.05, 0.1) is 17.9 Å². The molecular weight excluding hydrogens is 576 g/mol. The van der Waals surface area contributed by atoms with Gasteiger partial charge in [0.2, 0.25) is 5.91 Å². The predicted molar refractivity (Wildman–Crippen MR) is 169 cm³/mol. The molecule has 11 heteroatoms. The van der Waals surface area contributed by atoms with Crippen LogP contribution >= 0.6 is 11.8 Å². The molecule has 0 bridgehead atoms. The van der Waals surface area contributed by atoms with Gasteiger partial charge in [0.1, 0.15) is 11.6 Å². The van der Waals surface area contributed by atoms with E-state index in [2.05, 4.69) is 20.6 Å². The van der Waals surface area contributed by atoms with E-state index in [1.54, 1.807) is 41.4 Å². The smallest absolute Gasteiger partial charge is 0.256 e. The zero-order valence-electron chi connectivity index (χ0n) is 23.9. The average Bonchev–Trinajstić information content (AvgIpc) is 3.59. The van der Waals surface area contributed by atoms with E-state index in [1.165, 1.54) is 24.8 Å². The van der Waals surface area contributed by atoms with E-state index in [1.807, 2.05) is 48.7 Å². The fraction of sp³-hybridized carbons (Fsp3) is 0.121. The molecular formula is C33H28N6O4S. The second kappa shape index (κ2) is 12.1. The van der Waals surface area contributed by atoms with Gasteiger partial charge in [0.25, 0.3) is 11.8 Å². The van der Waals surface area contributed by atoms with Crippen molar-refractivity contribution in [3.63, 3.8) is 0 Å². The molecule has 2 aromatic heterocycles. The fourth-order valence-corrected chi connectivity index (χ4v) is 5.62. The van der Waals surface area contributed by atoms with Crippen molar-refractivity contribution >= 4 is 41.0 Å². The third-order valence-electron chi connectivity index (χ3n) is 7.26. The summed E-state index contributed by atoms with van der Waals surface area (Å²) in [4.78, 5) is 52.1. The van der Waals surface area contributed by atoms with Crippen molar-refractivity contribution in [2.75, 3.05) is 16.9 Å². The van der Waals surface area contributed by atoms with Gasteiger partial charge in [-0.3, -0.25) is 14.4 Å². The van der Waals surface area contributed by atoms with Crippen LogP contribution < -0.4 is 10.6 Å². The first kappa shape index (κ1) is 28.7. The standard InChI is InChI=1S/C33H28N6O4S/c1-19(40)35-28-16-21(13-14-34-28)30-29(37-33(38-30)44-2)20-8-5-9-23(15-20)36-31(42)25-11-6-12-27(41)26(25)18-39-17-22-7-3-4-10-24(22)32(39)43/h3-16,41H,17-18H2,1-2H3,(H,36,42)(H,37,38)(H,34,35,40). The summed E-state index contributed by atoms with van der Waals surface area (Å²) in [5, 5.41) is 17.1. The van der Waals surface area contributed by atoms with Gasteiger partial charge in [0.15, 0.2) is 5.16 Å². The van der Waals surface area contributed by atoms with E-state index in [9.17, 15) is 19.5 Å². The first-order valence-corrected chi connectivity index (χ1v) is 15.0. The Hall–Kier alpha value is -5.42. The van der Waals surface area contributed by atoms with E-state index < -0.39 is 5.91 Å². The van der Waals surface area contributed by atoms with Crippen LogP contribution in [0.3, 0.4) is 0 Å². The number of H-pyrrole nitrogens is 1. The lowest BCUT2D eigenvalue weighted by atomic mass is 10.0. The van der Waals surface area contributed by atoms with Crippen LogP contribution in [0.4, 0.5) is 11.5 Å². The maximum Gasteiger partial charge on any atom is 0.256 e. The summed E-state index contributed by atoms with van der Waals surface area (Å²) >= 11 is 1.46. The number of thioether (sulfide) groups is 1. The molecule has 6 rings (SSSR count). The number of phenolic OH excluding ortho intramolecular Hbond substituents is 1. The molecule has 0 fully saturated rings. The van der Waals surface area contributed by atoms with Crippen molar-refractivity contribution in [2.24, 2.45) is 0 Å². The number of anilines is 2. The number of rotatable bonds is 8. The zero-order valence-corrected chi connectivity index (χ0v) is 24.7. The Morgan fingerprint density at radius 1 is 1.00 bits per heavy atom. The number of hydrogen-bond acceptors (Lipinski definition) is 7. The highest BCUT2D eigenvalue weighted by Crippen LogP contribution is 2.34. The molecule has 3 amide bonds. The Morgan fingerprint density at radius 3 is 2.61 bits per heavy atom. The van der Waals surface area contributed by atoms with Crippen LogP contribution in [-0.4, -0.2) is 48.9 Å². The Labute approximate surface area is 257 Å². The largest absolute Gasteiger partial charge is 0.508 e. The molecule has 5 aromatic rings. The highest BCUT2D eigenvalue weighted by molar-refractivity contribution is 7.98. The number of pyridine rings is 1.